The highest BCUT2D eigenvalue weighted by Gasteiger charge is 2.07. The minimum absolute atomic E-state index is 0.121. The van der Waals surface area contributed by atoms with Crippen molar-refractivity contribution in [2.45, 2.75) is 4.34 Å². The Balaban J connectivity index is 1.91. The summed E-state index contributed by atoms with van der Waals surface area (Å²) >= 11 is 8.68. The molecule has 1 aromatic carbocycles. The largest absolute Gasteiger partial charge is 0.397 e. The smallest absolute Gasteiger partial charge is 0.234 e. The van der Waals surface area contributed by atoms with Crippen molar-refractivity contribution in [2.24, 2.45) is 0 Å². The number of thioether (sulfide) groups is 1. The molecule has 0 bridgehead atoms. The highest BCUT2D eigenvalue weighted by atomic mass is 35.5. The van der Waals surface area contributed by atoms with Crippen molar-refractivity contribution in [3.8, 4) is 0 Å². The number of hydrogen-bond acceptors (Lipinski definition) is 5. The third-order valence-electron chi connectivity index (χ3n) is 2.02. The molecule has 0 aliphatic heterocycles. The quantitative estimate of drug-likeness (QED) is 0.672. The van der Waals surface area contributed by atoms with Gasteiger partial charge in [0, 0.05) is 16.6 Å². The van der Waals surface area contributed by atoms with E-state index < -0.39 is 0 Å². The van der Waals surface area contributed by atoms with Gasteiger partial charge in [0.2, 0.25) is 5.91 Å². The number of amides is 1. The van der Waals surface area contributed by atoms with Gasteiger partial charge in [0.1, 0.15) is 4.34 Å². The Kier molecular flexibility index (Phi) is 4.46. The Morgan fingerprint density at radius 1 is 1.56 bits per heavy atom. The second-order valence-corrected chi connectivity index (χ2v) is 5.92. The predicted octanol–water partition coefficient (Wildman–Crippen LogP) is 3.11. The SMILES string of the molecule is Nc1cc(Cl)ccc1NC(=O)CSc1nccs1. The zero-order valence-electron chi connectivity index (χ0n) is 9.22. The molecule has 2 aromatic rings. The topological polar surface area (TPSA) is 68.0 Å². The van der Waals surface area contributed by atoms with E-state index in [1.807, 2.05) is 5.38 Å². The van der Waals surface area contributed by atoms with Gasteiger partial charge in [0.05, 0.1) is 17.1 Å². The van der Waals surface area contributed by atoms with Crippen LogP contribution in [0.15, 0.2) is 34.1 Å². The molecule has 4 nitrogen and oxygen atoms in total. The molecule has 0 radical (unpaired) electrons. The third-order valence-corrected chi connectivity index (χ3v) is 4.23. The zero-order chi connectivity index (χ0) is 13.0. The summed E-state index contributed by atoms with van der Waals surface area (Å²) in [6.07, 6.45) is 1.71. The molecule has 0 aliphatic carbocycles. The van der Waals surface area contributed by atoms with E-state index in [1.54, 1.807) is 24.4 Å². The van der Waals surface area contributed by atoms with Gasteiger partial charge in [-0.1, -0.05) is 23.4 Å². The second-order valence-electron chi connectivity index (χ2n) is 3.37. The fraction of sp³-hybridized carbons (Fsp3) is 0.0909. The fourth-order valence-corrected chi connectivity index (χ4v) is 2.86. The third kappa shape index (κ3) is 3.63. The van der Waals surface area contributed by atoms with Crippen LogP contribution in [-0.2, 0) is 4.79 Å². The average molecular weight is 300 g/mol. The number of thiazole rings is 1. The van der Waals surface area contributed by atoms with Crippen molar-refractivity contribution in [1.29, 1.82) is 0 Å². The van der Waals surface area contributed by atoms with Gasteiger partial charge in [-0.25, -0.2) is 4.98 Å². The van der Waals surface area contributed by atoms with E-state index in [9.17, 15) is 4.79 Å². The molecule has 0 unspecified atom stereocenters. The maximum absolute atomic E-state index is 11.7. The van der Waals surface area contributed by atoms with E-state index in [4.69, 9.17) is 17.3 Å². The summed E-state index contributed by atoms with van der Waals surface area (Å²) in [5, 5.41) is 5.15. The Bertz CT molecular complexity index is 545. The first-order valence-corrected chi connectivity index (χ1v) is 7.26. The highest BCUT2D eigenvalue weighted by Crippen LogP contribution is 2.24. The number of nitrogen functional groups attached to an aromatic ring is 1. The summed E-state index contributed by atoms with van der Waals surface area (Å²) in [6.45, 7) is 0. The fourth-order valence-electron chi connectivity index (χ4n) is 1.24. The molecule has 3 N–H and O–H groups in total. The van der Waals surface area contributed by atoms with Gasteiger partial charge in [0.25, 0.3) is 0 Å². The first-order valence-electron chi connectivity index (χ1n) is 5.02. The number of carbonyl (C=O) groups is 1. The van der Waals surface area contributed by atoms with E-state index in [0.717, 1.165) is 4.34 Å². The van der Waals surface area contributed by atoms with Crippen molar-refractivity contribution in [2.75, 3.05) is 16.8 Å². The number of nitrogens with one attached hydrogen (secondary N) is 1. The summed E-state index contributed by atoms with van der Waals surface area (Å²) in [7, 11) is 0. The zero-order valence-corrected chi connectivity index (χ0v) is 11.6. The first-order chi connectivity index (χ1) is 8.65. The number of nitrogens with zero attached hydrogens (tertiary/aromatic N) is 1. The highest BCUT2D eigenvalue weighted by molar-refractivity contribution is 8.01. The molecule has 0 saturated heterocycles. The average Bonchev–Trinajstić information content (AvgIpc) is 2.83. The maximum Gasteiger partial charge on any atom is 0.234 e. The van der Waals surface area contributed by atoms with Crippen molar-refractivity contribution < 1.29 is 4.79 Å². The molecule has 0 fully saturated rings. The predicted molar refractivity (Wildman–Crippen MR) is 77.3 cm³/mol. The van der Waals surface area contributed by atoms with Gasteiger partial charge in [-0.05, 0) is 18.2 Å². The number of hydrogen-bond donors (Lipinski definition) is 2. The summed E-state index contributed by atoms with van der Waals surface area (Å²) in [4.78, 5) is 15.8. The number of aromatic nitrogens is 1. The molecule has 94 valence electrons. The van der Waals surface area contributed by atoms with Crippen LogP contribution in [0.4, 0.5) is 11.4 Å². The van der Waals surface area contributed by atoms with E-state index in [2.05, 4.69) is 10.3 Å². The lowest BCUT2D eigenvalue weighted by Gasteiger charge is -2.07. The minimum Gasteiger partial charge on any atom is -0.397 e. The number of carbonyl (C=O) groups excluding carboxylic acids is 1. The Morgan fingerprint density at radius 2 is 2.39 bits per heavy atom. The number of nitrogens with two attached hydrogens (primary N) is 1. The lowest BCUT2D eigenvalue weighted by atomic mass is 10.2. The summed E-state index contributed by atoms with van der Waals surface area (Å²) in [5.74, 6) is 0.180. The number of halogens is 1. The normalized spacial score (nSPS) is 10.3. The molecule has 0 aliphatic rings. The number of anilines is 2. The maximum atomic E-state index is 11.7. The first kappa shape index (κ1) is 13.2. The van der Waals surface area contributed by atoms with Crippen LogP contribution in [0.5, 0.6) is 0 Å². The van der Waals surface area contributed by atoms with E-state index in [-0.39, 0.29) is 5.91 Å². The molecular formula is C11H10ClN3OS2. The Labute approximate surface area is 118 Å². The molecule has 1 amide bonds. The van der Waals surface area contributed by atoms with Gasteiger partial charge in [0.15, 0.2) is 0 Å². The number of rotatable bonds is 4. The molecule has 0 spiro atoms. The van der Waals surface area contributed by atoms with Gasteiger partial charge >= 0.3 is 0 Å². The van der Waals surface area contributed by atoms with Crippen molar-refractivity contribution in [1.82, 2.24) is 4.98 Å². The molecule has 18 heavy (non-hydrogen) atoms. The Morgan fingerprint density at radius 3 is 3.06 bits per heavy atom. The van der Waals surface area contributed by atoms with Crippen LogP contribution in [0.2, 0.25) is 5.02 Å². The van der Waals surface area contributed by atoms with Crippen molar-refractivity contribution in [3.05, 3.63) is 34.8 Å². The monoisotopic (exact) mass is 299 g/mol. The van der Waals surface area contributed by atoms with Crippen LogP contribution in [0.25, 0.3) is 0 Å². The molecular weight excluding hydrogens is 290 g/mol. The van der Waals surface area contributed by atoms with Crippen molar-refractivity contribution >= 4 is 52.0 Å². The molecule has 2 rings (SSSR count). The summed E-state index contributed by atoms with van der Waals surface area (Å²) < 4.78 is 0.870. The lowest BCUT2D eigenvalue weighted by Crippen LogP contribution is -2.15. The Hall–Kier alpha value is -1.24. The summed E-state index contributed by atoms with van der Waals surface area (Å²) in [6, 6.07) is 4.97. The molecule has 0 saturated carbocycles. The standard InChI is InChI=1S/C11H10ClN3OS2/c12-7-1-2-9(8(13)5-7)15-10(16)6-18-11-14-3-4-17-11/h1-5H,6,13H2,(H,15,16). The second kappa shape index (κ2) is 6.08. The van der Waals surface area contributed by atoms with E-state index >= 15 is 0 Å². The molecule has 7 heteroatoms. The lowest BCUT2D eigenvalue weighted by molar-refractivity contribution is -0.113. The molecule has 1 aromatic heterocycles. The van der Waals surface area contributed by atoms with Gasteiger partial charge in [-0.15, -0.1) is 11.3 Å². The van der Waals surface area contributed by atoms with Crippen LogP contribution < -0.4 is 11.1 Å². The van der Waals surface area contributed by atoms with E-state index in [0.29, 0.717) is 22.2 Å². The van der Waals surface area contributed by atoms with Gasteiger partial charge < -0.3 is 11.1 Å². The van der Waals surface area contributed by atoms with Crippen LogP contribution in [0.3, 0.4) is 0 Å². The van der Waals surface area contributed by atoms with Crippen LogP contribution in [0, 0.1) is 0 Å². The van der Waals surface area contributed by atoms with E-state index in [1.165, 1.54) is 23.1 Å². The van der Waals surface area contributed by atoms with Gasteiger partial charge in [-0.3, -0.25) is 4.79 Å². The minimum atomic E-state index is -0.121. The van der Waals surface area contributed by atoms with Crippen LogP contribution in [0.1, 0.15) is 0 Å². The van der Waals surface area contributed by atoms with Crippen LogP contribution in [-0.4, -0.2) is 16.6 Å². The summed E-state index contributed by atoms with van der Waals surface area (Å²) in [5.41, 5.74) is 6.77. The number of benzene rings is 1. The van der Waals surface area contributed by atoms with Crippen molar-refractivity contribution in [3.63, 3.8) is 0 Å². The van der Waals surface area contributed by atoms with Gasteiger partial charge in [-0.2, -0.15) is 0 Å². The van der Waals surface area contributed by atoms with Crippen LogP contribution >= 0.6 is 34.7 Å². The molecule has 1 heterocycles. The molecule has 0 atom stereocenters.